The molecule has 3 rings (SSSR count). The summed E-state index contributed by atoms with van der Waals surface area (Å²) in [7, 11) is 0. The van der Waals surface area contributed by atoms with Crippen LogP contribution < -0.4 is 16.4 Å². The van der Waals surface area contributed by atoms with Gasteiger partial charge in [-0.1, -0.05) is 18.2 Å². The number of carbonyl (C=O) groups excluding carboxylic acids is 2. The summed E-state index contributed by atoms with van der Waals surface area (Å²) in [5.74, 6) is 0.152. The molecule has 1 aliphatic rings. The SMILES string of the molecule is Cc1cc(C)nc(/N=C(\NC(=O)Nc2ccccc2)N2CCC(C(N)=O)CC2)n1. The lowest BCUT2D eigenvalue weighted by Gasteiger charge is -2.32. The molecule has 4 N–H and O–H groups in total. The first-order valence-electron chi connectivity index (χ1n) is 9.49. The van der Waals surface area contributed by atoms with Crippen molar-refractivity contribution in [3.63, 3.8) is 0 Å². The van der Waals surface area contributed by atoms with E-state index < -0.39 is 6.03 Å². The van der Waals surface area contributed by atoms with Crippen LogP contribution >= 0.6 is 0 Å². The smallest absolute Gasteiger partial charge is 0.326 e. The van der Waals surface area contributed by atoms with Gasteiger partial charge in [-0.05, 0) is 44.9 Å². The van der Waals surface area contributed by atoms with Crippen LogP contribution in [0.2, 0.25) is 0 Å². The van der Waals surface area contributed by atoms with Gasteiger partial charge in [0.1, 0.15) is 0 Å². The lowest BCUT2D eigenvalue weighted by atomic mass is 9.96. The number of likely N-dealkylation sites (tertiary alicyclic amines) is 1. The number of aryl methyl sites for hydroxylation is 2. The van der Waals surface area contributed by atoms with E-state index >= 15 is 0 Å². The number of guanidine groups is 1. The monoisotopic (exact) mass is 395 g/mol. The Labute approximate surface area is 169 Å². The highest BCUT2D eigenvalue weighted by Crippen LogP contribution is 2.18. The number of nitrogens with zero attached hydrogens (tertiary/aromatic N) is 4. The van der Waals surface area contributed by atoms with Gasteiger partial charge in [-0.15, -0.1) is 0 Å². The van der Waals surface area contributed by atoms with E-state index in [9.17, 15) is 9.59 Å². The van der Waals surface area contributed by atoms with E-state index in [4.69, 9.17) is 5.73 Å². The second-order valence-corrected chi connectivity index (χ2v) is 6.99. The van der Waals surface area contributed by atoms with E-state index in [0.29, 0.717) is 37.6 Å². The molecule has 1 saturated heterocycles. The number of urea groups is 1. The summed E-state index contributed by atoms with van der Waals surface area (Å²) in [6.45, 7) is 4.81. The maximum atomic E-state index is 12.5. The van der Waals surface area contributed by atoms with Crippen LogP contribution in [0.15, 0.2) is 41.4 Å². The Hall–Kier alpha value is -3.49. The Morgan fingerprint density at radius 3 is 2.31 bits per heavy atom. The van der Waals surface area contributed by atoms with E-state index in [-0.39, 0.29) is 17.8 Å². The van der Waals surface area contributed by atoms with Crippen LogP contribution in [0.4, 0.5) is 16.4 Å². The summed E-state index contributed by atoms with van der Waals surface area (Å²) in [6.07, 6.45) is 1.20. The van der Waals surface area contributed by atoms with Crippen molar-refractivity contribution in [1.29, 1.82) is 0 Å². The second-order valence-electron chi connectivity index (χ2n) is 6.99. The van der Waals surface area contributed by atoms with Gasteiger partial charge in [-0.2, -0.15) is 4.99 Å². The highest BCUT2D eigenvalue weighted by Gasteiger charge is 2.26. The largest absolute Gasteiger partial charge is 0.369 e. The summed E-state index contributed by atoms with van der Waals surface area (Å²) in [4.78, 5) is 39.0. The molecule has 2 aromatic rings. The molecule has 0 atom stereocenters. The Morgan fingerprint density at radius 1 is 1.10 bits per heavy atom. The minimum absolute atomic E-state index is 0.164. The van der Waals surface area contributed by atoms with Crippen molar-refractivity contribution >= 4 is 29.5 Å². The van der Waals surface area contributed by atoms with Crippen LogP contribution in [-0.4, -0.2) is 45.9 Å². The molecular weight excluding hydrogens is 370 g/mol. The maximum absolute atomic E-state index is 12.5. The molecule has 1 fully saturated rings. The first kappa shape index (κ1) is 20.2. The molecule has 2 heterocycles. The molecule has 0 unspecified atom stereocenters. The zero-order valence-corrected chi connectivity index (χ0v) is 16.6. The quantitative estimate of drug-likeness (QED) is 0.542. The van der Waals surface area contributed by atoms with Crippen LogP contribution in [0.3, 0.4) is 0 Å². The van der Waals surface area contributed by atoms with E-state index in [2.05, 4.69) is 25.6 Å². The molecule has 0 aliphatic carbocycles. The van der Waals surface area contributed by atoms with Gasteiger partial charge in [-0.3, -0.25) is 10.1 Å². The van der Waals surface area contributed by atoms with Crippen molar-refractivity contribution in [2.24, 2.45) is 16.6 Å². The van der Waals surface area contributed by atoms with Gasteiger partial charge in [0.15, 0.2) is 0 Å². The van der Waals surface area contributed by atoms with Crippen LogP contribution in [0, 0.1) is 19.8 Å². The highest BCUT2D eigenvalue weighted by atomic mass is 16.2. The van der Waals surface area contributed by atoms with Gasteiger partial charge in [0, 0.05) is 36.1 Å². The standard InChI is InChI=1S/C20H25N7O2/c1-13-12-14(2)23-18(22-13)25-19(27-10-8-15(9-11-27)17(21)28)26-20(29)24-16-6-4-3-5-7-16/h3-7,12,15H,8-11H2,1-2H3,(H2,21,28)(H2,22,23,24,25,26,29). The average Bonchev–Trinajstić information content (AvgIpc) is 2.67. The maximum Gasteiger partial charge on any atom is 0.326 e. The third-order valence-electron chi connectivity index (χ3n) is 4.63. The Morgan fingerprint density at radius 2 is 1.72 bits per heavy atom. The number of primary amides is 1. The van der Waals surface area contributed by atoms with Crippen LogP contribution in [0.5, 0.6) is 0 Å². The topological polar surface area (TPSA) is 126 Å². The average molecular weight is 395 g/mol. The second kappa shape index (κ2) is 9.13. The number of carbonyl (C=O) groups is 2. The number of aliphatic imine (C=N–C) groups is 1. The van der Waals surface area contributed by atoms with Gasteiger partial charge in [-0.25, -0.2) is 14.8 Å². The fourth-order valence-corrected chi connectivity index (χ4v) is 3.19. The zero-order chi connectivity index (χ0) is 20.8. The number of para-hydroxylation sites is 1. The van der Waals surface area contributed by atoms with E-state index in [0.717, 1.165) is 11.4 Å². The molecule has 152 valence electrons. The van der Waals surface area contributed by atoms with Crippen LogP contribution in [-0.2, 0) is 4.79 Å². The first-order valence-corrected chi connectivity index (χ1v) is 9.49. The molecule has 9 heteroatoms. The van der Waals surface area contributed by atoms with Crippen molar-refractivity contribution in [2.45, 2.75) is 26.7 Å². The van der Waals surface area contributed by atoms with Gasteiger partial charge in [0.05, 0.1) is 0 Å². The van der Waals surface area contributed by atoms with Crippen LogP contribution in [0.1, 0.15) is 24.2 Å². The van der Waals surface area contributed by atoms with Crippen molar-refractivity contribution in [2.75, 3.05) is 18.4 Å². The number of hydrogen-bond acceptors (Lipinski definition) is 5. The van der Waals surface area contributed by atoms with E-state index in [1.165, 1.54) is 0 Å². The lowest BCUT2D eigenvalue weighted by Crippen LogP contribution is -2.49. The van der Waals surface area contributed by atoms with E-state index in [1.54, 1.807) is 12.1 Å². The Kier molecular flexibility index (Phi) is 6.38. The van der Waals surface area contributed by atoms with Gasteiger partial charge in [0.25, 0.3) is 5.95 Å². The van der Waals surface area contributed by atoms with Crippen LogP contribution in [0.25, 0.3) is 0 Å². The third-order valence-corrected chi connectivity index (χ3v) is 4.63. The number of hydrogen-bond donors (Lipinski definition) is 3. The molecular formula is C20H25N7O2. The number of nitrogens with one attached hydrogen (secondary N) is 2. The number of benzene rings is 1. The molecule has 3 amide bonds. The third kappa shape index (κ3) is 5.74. The fraction of sp³-hybridized carbons (Fsp3) is 0.350. The van der Waals surface area contributed by atoms with Crippen molar-refractivity contribution in [1.82, 2.24) is 20.2 Å². The summed E-state index contributed by atoms with van der Waals surface area (Å²) in [5.41, 5.74) is 7.67. The summed E-state index contributed by atoms with van der Waals surface area (Å²) >= 11 is 0. The molecule has 1 aromatic carbocycles. The van der Waals surface area contributed by atoms with Crippen molar-refractivity contribution < 1.29 is 9.59 Å². The van der Waals surface area contributed by atoms with Crippen molar-refractivity contribution in [3.05, 3.63) is 47.8 Å². The highest BCUT2D eigenvalue weighted by molar-refractivity contribution is 6.03. The molecule has 0 spiro atoms. The van der Waals surface area contributed by atoms with Crippen molar-refractivity contribution in [3.8, 4) is 0 Å². The van der Waals surface area contributed by atoms with E-state index in [1.807, 2.05) is 43.0 Å². The van der Waals surface area contributed by atoms with Gasteiger partial charge >= 0.3 is 6.03 Å². The fourth-order valence-electron chi connectivity index (χ4n) is 3.19. The Bertz CT molecular complexity index is 886. The number of nitrogens with two attached hydrogens (primary N) is 1. The molecule has 0 radical (unpaired) electrons. The number of piperidine rings is 1. The van der Waals surface area contributed by atoms with Gasteiger partial charge in [0.2, 0.25) is 11.9 Å². The minimum Gasteiger partial charge on any atom is -0.369 e. The number of rotatable bonds is 3. The minimum atomic E-state index is -0.420. The lowest BCUT2D eigenvalue weighted by molar-refractivity contribution is -0.122. The number of amides is 3. The molecule has 1 aliphatic heterocycles. The molecule has 1 aromatic heterocycles. The number of aromatic nitrogens is 2. The normalized spacial score (nSPS) is 15.1. The molecule has 0 bridgehead atoms. The molecule has 9 nitrogen and oxygen atoms in total. The number of anilines is 1. The predicted octanol–water partition coefficient (Wildman–Crippen LogP) is 2.10. The molecule has 0 saturated carbocycles. The summed E-state index contributed by atoms with van der Waals surface area (Å²) < 4.78 is 0. The zero-order valence-electron chi connectivity index (χ0n) is 16.6. The van der Waals surface area contributed by atoms with Gasteiger partial charge < -0.3 is 16.0 Å². The molecule has 29 heavy (non-hydrogen) atoms. The first-order chi connectivity index (χ1) is 13.9. The Balaban J connectivity index is 1.80. The summed E-state index contributed by atoms with van der Waals surface area (Å²) in [5, 5.41) is 5.57. The summed E-state index contributed by atoms with van der Waals surface area (Å²) in [6, 6.07) is 10.6. The predicted molar refractivity (Wildman–Crippen MR) is 111 cm³/mol.